The number of amides is 1. The summed E-state index contributed by atoms with van der Waals surface area (Å²) < 4.78 is 43.4. The molecule has 0 aromatic heterocycles. The molecule has 0 saturated heterocycles. The standard InChI is InChI=1S/C20H20F3NO4/c1-12(17(19(26)27)10-13-6-8-16(28-2)9-7-13)18(25)24-15-5-3-4-14(11-15)20(21,22)23/h3-9,11-12,17H,10H2,1-2H3,(H,24,25)(H,26,27)/t12-,17+/m1/s1. The van der Waals surface area contributed by atoms with Crippen LogP contribution >= 0.6 is 0 Å². The zero-order chi connectivity index (χ0) is 20.9. The lowest BCUT2D eigenvalue weighted by molar-refractivity contribution is -0.145. The Labute approximate surface area is 160 Å². The Morgan fingerprint density at radius 3 is 2.32 bits per heavy atom. The number of carbonyl (C=O) groups excluding carboxylic acids is 1. The van der Waals surface area contributed by atoms with Crippen LogP contribution in [0.25, 0.3) is 0 Å². The number of hydrogen-bond donors (Lipinski definition) is 2. The lowest BCUT2D eigenvalue weighted by atomic mass is 9.87. The fourth-order valence-corrected chi connectivity index (χ4v) is 2.71. The number of carboxylic acid groups (broad SMARTS) is 1. The van der Waals surface area contributed by atoms with Crippen LogP contribution in [0.2, 0.25) is 0 Å². The Morgan fingerprint density at radius 2 is 1.79 bits per heavy atom. The van der Waals surface area contributed by atoms with E-state index in [1.54, 1.807) is 24.3 Å². The number of hydrogen-bond acceptors (Lipinski definition) is 3. The molecule has 0 spiro atoms. The largest absolute Gasteiger partial charge is 0.497 e. The summed E-state index contributed by atoms with van der Waals surface area (Å²) in [6, 6.07) is 11.0. The number of methoxy groups -OCH3 is 1. The molecule has 0 radical (unpaired) electrons. The molecule has 2 aromatic carbocycles. The van der Waals surface area contributed by atoms with Gasteiger partial charge in [-0.05, 0) is 42.3 Å². The first-order valence-electron chi connectivity index (χ1n) is 8.45. The van der Waals surface area contributed by atoms with Gasteiger partial charge in [-0.15, -0.1) is 0 Å². The quantitative estimate of drug-likeness (QED) is 0.736. The minimum absolute atomic E-state index is 0.0414. The van der Waals surface area contributed by atoms with Crippen LogP contribution in [0, 0.1) is 11.8 Å². The van der Waals surface area contributed by atoms with Gasteiger partial charge in [-0.1, -0.05) is 25.1 Å². The Bertz CT molecular complexity index is 834. The molecular formula is C20H20F3NO4. The molecular weight excluding hydrogens is 375 g/mol. The van der Waals surface area contributed by atoms with Crippen LogP contribution < -0.4 is 10.1 Å². The summed E-state index contributed by atoms with van der Waals surface area (Å²) >= 11 is 0. The van der Waals surface area contributed by atoms with Gasteiger partial charge >= 0.3 is 12.1 Å². The number of aliphatic carboxylic acids is 1. The zero-order valence-corrected chi connectivity index (χ0v) is 15.3. The van der Waals surface area contributed by atoms with Crippen molar-refractivity contribution in [2.75, 3.05) is 12.4 Å². The number of rotatable bonds is 7. The van der Waals surface area contributed by atoms with Crippen molar-refractivity contribution in [1.29, 1.82) is 0 Å². The second-order valence-corrected chi connectivity index (χ2v) is 6.35. The Morgan fingerprint density at radius 1 is 1.14 bits per heavy atom. The number of nitrogens with one attached hydrogen (secondary N) is 1. The summed E-state index contributed by atoms with van der Waals surface area (Å²) in [7, 11) is 1.51. The van der Waals surface area contributed by atoms with Gasteiger partial charge in [0.05, 0.1) is 18.6 Å². The molecule has 0 saturated carbocycles. The highest BCUT2D eigenvalue weighted by molar-refractivity contribution is 5.95. The second kappa shape index (κ2) is 8.77. The molecule has 5 nitrogen and oxygen atoms in total. The molecule has 150 valence electrons. The highest BCUT2D eigenvalue weighted by atomic mass is 19.4. The van der Waals surface area contributed by atoms with Gasteiger partial charge in [0.2, 0.25) is 5.91 Å². The molecule has 2 atom stereocenters. The van der Waals surface area contributed by atoms with Crippen molar-refractivity contribution in [3.63, 3.8) is 0 Å². The normalized spacial score (nSPS) is 13.5. The SMILES string of the molecule is COc1ccc(C[C@H](C(=O)O)[C@@H](C)C(=O)Nc2cccc(C(F)(F)F)c2)cc1. The smallest absolute Gasteiger partial charge is 0.416 e. The zero-order valence-electron chi connectivity index (χ0n) is 15.3. The third-order valence-corrected chi connectivity index (χ3v) is 4.41. The number of carbonyl (C=O) groups is 2. The van der Waals surface area contributed by atoms with Gasteiger partial charge in [-0.3, -0.25) is 9.59 Å². The van der Waals surface area contributed by atoms with Crippen molar-refractivity contribution < 1.29 is 32.6 Å². The van der Waals surface area contributed by atoms with E-state index in [1.165, 1.54) is 26.2 Å². The van der Waals surface area contributed by atoms with Gasteiger partial charge in [0.1, 0.15) is 5.75 Å². The molecule has 0 aliphatic heterocycles. The molecule has 2 N–H and O–H groups in total. The maximum absolute atomic E-state index is 12.8. The molecule has 0 unspecified atom stereocenters. The van der Waals surface area contributed by atoms with Gasteiger partial charge in [0, 0.05) is 11.6 Å². The Balaban J connectivity index is 2.12. The molecule has 8 heteroatoms. The van der Waals surface area contributed by atoms with Crippen LogP contribution in [0.15, 0.2) is 48.5 Å². The number of ether oxygens (including phenoxy) is 1. The van der Waals surface area contributed by atoms with Gasteiger partial charge in [-0.25, -0.2) is 0 Å². The van der Waals surface area contributed by atoms with E-state index in [1.807, 2.05) is 0 Å². The van der Waals surface area contributed by atoms with E-state index < -0.39 is 35.5 Å². The van der Waals surface area contributed by atoms with Crippen LogP contribution in [0.4, 0.5) is 18.9 Å². The highest BCUT2D eigenvalue weighted by Gasteiger charge is 2.32. The maximum atomic E-state index is 12.8. The molecule has 0 fully saturated rings. The molecule has 0 bridgehead atoms. The monoisotopic (exact) mass is 395 g/mol. The fourth-order valence-electron chi connectivity index (χ4n) is 2.71. The van der Waals surface area contributed by atoms with Gasteiger partial charge in [0.15, 0.2) is 0 Å². The summed E-state index contributed by atoms with van der Waals surface area (Å²) in [4.78, 5) is 24.1. The lowest BCUT2D eigenvalue weighted by Crippen LogP contribution is -2.33. The summed E-state index contributed by atoms with van der Waals surface area (Å²) in [5, 5.41) is 11.9. The topological polar surface area (TPSA) is 75.6 Å². The molecule has 0 heterocycles. The van der Waals surface area contributed by atoms with Crippen LogP contribution in [0.1, 0.15) is 18.1 Å². The summed E-state index contributed by atoms with van der Waals surface area (Å²) in [5.74, 6) is -3.22. The minimum atomic E-state index is -4.54. The first kappa shape index (κ1) is 21.3. The van der Waals surface area contributed by atoms with E-state index in [4.69, 9.17) is 4.74 Å². The van der Waals surface area contributed by atoms with Crippen LogP contribution in [-0.2, 0) is 22.2 Å². The first-order valence-corrected chi connectivity index (χ1v) is 8.45. The maximum Gasteiger partial charge on any atom is 0.416 e. The third-order valence-electron chi connectivity index (χ3n) is 4.41. The van der Waals surface area contributed by atoms with Crippen LogP contribution in [0.5, 0.6) is 5.75 Å². The van der Waals surface area contributed by atoms with Crippen molar-refractivity contribution in [2.24, 2.45) is 11.8 Å². The van der Waals surface area contributed by atoms with Crippen LogP contribution in [0.3, 0.4) is 0 Å². The highest BCUT2D eigenvalue weighted by Crippen LogP contribution is 2.31. The number of halogens is 3. The van der Waals surface area contributed by atoms with Crippen molar-refractivity contribution in [3.05, 3.63) is 59.7 Å². The number of carboxylic acids is 1. The predicted molar refractivity (Wildman–Crippen MR) is 97.1 cm³/mol. The summed E-state index contributed by atoms with van der Waals surface area (Å²) in [6.07, 6.45) is -4.44. The molecule has 2 rings (SSSR count). The van der Waals surface area contributed by atoms with E-state index in [-0.39, 0.29) is 12.1 Å². The van der Waals surface area contributed by atoms with Gasteiger partial charge in [0.25, 0.3) is 0 Å². The minimum Gasteiger partial charge on any atom is -0.497 e. The van der Waals surface area contributed by atoms with Crippen LogP contribution in [-0.4, -0.2) is 24.1 Å². The molecule has 28 heavy (non-hydrogen) atoms. The number of alkyl halides is 3. The van der Waals surface area contributed by atoms with Crippen molar-refractivity contribution in [3.8, 4) is 5.75 Å². The average molecular weight is 395 g/mol. The van der Waals surface area contributed by atoms with E-state index in [0.29, 0.717) is 11.3 Å². The van der Waals surface area contributed by atoms with Crippen molar-refractivity contribution in [2.45, 2.75) is 19.5 Å². The summed E-state index contributed by atoms with van der Waals surface area (Å²) in [6.45, 7) is 1.44. The molecule has 0 aliphatic rings. The first-order chi connectivity index (χ1) is 13.1. The van der Waals surface area contributed by atoms with Crippen molar-refractivity contribution in [1.82, 2.24) is 0 Å². The van der Waals surface area contributed by atoms with E-state index >= 15 is 0 Å². The summed E-state index contributed by atoms with van der Waals surface area (Å²) in [5.41, 5.74) is -0.238. The van der Waals surface area contributed by atoms with E-state index in [9.17, 15) is 27.9 Å². The average Bonchev–Trinajstić information content (AvgIpc) is 2.65. The Kier molecular flexibility index (Phi) is 6.66. The van der Waals surface area contributed by atoms with E-state index in [0.717, 1.165) is 12.1 Å². The number of benzene rings is 2. The lowest BCUT2D eigenvalue weighted by Gasteiger charge is -2.20. The van der Waals surface area contributed by atoms with Crippen molar-refractivity contribution >= 4 is 17.6 Å². The van der Waals surface area contributed by atoms with Gasteiger partial charge in [-0.2, -0.15) is 13.2 Å². The predicted octanol–water partition coefficient (Wildman–Crippen LogP) is 4.23. The third kappa shape index (κ3) is 5.48. The second-order valence-electron chi connectivity index (χ2n) is 6.35. The Hall–Kier alpha value is -3.03. The fraction of sp³-hybridized carbons (Fsp3) is 0.300. The molecule has 2 aromatic rings. The molecule has 0 aliphatic carbocycles. The van der Waals surface area contributed by atoms with Gasteiger partial charge < -0.3 is 15.2 Å². The molecule has 1 amide bonds. The number of anilines is 1. The van der Waals surface area contributed by atoms with E-state index in [2.05, 4.69) is 5.32 Å².